The molecule has 0 fully saturated rings. The first-order chi connectivity index (χ1) is 14.6. The molecule has 0 bridgehead atoms. The minimum atomic E-state index is -0.882. The molecule has 30 heavy (non-hydrogen) atoms. The number of amides is 1. The molecule has 1 unspecified atom stereocenters. The zero-order valence-electron chi connectivity index (χ0n) is 16.6. The maximum Gasteiger partial charge on any atom is 0.263 e. The van der Waals surface area contributed by atoms with Crippen molar-refractivity contribution in [2.24, 2.45) is 11.0 Å². The number of carbonyl (C=O) groups excluding carboxylic acids is 2. The van der Waals surface area contributed by atoms with Gasteiger partial charge in [-0.25, -0.2) is 0 Å². The van der Waals surface area contributed by atoms with Crippen LogP contribution in [0, 0.1) is 5.92 Å². The molecule has 7 heteroatoms. The third-order valence-electron chi connectivity index (χ3n) is 4.93. The van der Waals surface area contributed by atoms with E-state index < -0.39 is 5.92 Å². The lowest BCUT2D eigenvalue weighted by Gasteiger charge is -2.14. The molecule has 1 aliphatic heterocycles. The summed E-state index contributed by atoms with van der Waals surface area (Å²) in [5.74, 6) is -0.727. The SMILES string of the molecule is COc1ccc(N2N=C(C)C(C(=O)Cc3cccc(-c4cnccn4)c3)C2=O)cc1. The van der Waals surface area contributed by atoms with Crippen LogP contribution in [-0.2, 0) is 16.0 Å². The van der Waals surface area contributed by atoms with Crippen LogP contribution in [0.1, 0.15) is 12.5 Å². The van der Waals surface area contributed by atoms with Crippen LogP contribution in [0.15, 0.2) is 72.2 Å². The van der Waals surface area contributed by atoms with Crippen LogP contribution in [0.4, 0.5) is 5.69 Å². The normalized spacial score (nSPS) is 15.8. The molecule has 7 nitrogen and oxygen atoms in total. The number of Topliss-reactive ketones (excluding diaryl/α,β-unsaturated/α-hetero) is 1. The Balaban J connectivity index is 1.51. The number of anilines is 1. The summed E-state index contributed by atoms with van der Waals surface area (Å²) in [6.07, 6.45) is 5.04. The molecule has 0 radical (unpaired) electrons. The quantitative estimate of drug-likeness (QED) is 0.593. The van der Waals surface area contributed by atoms with E-state index in [9.17, 15) is 9.59 Å². The fourth-order valence-electron chi connectivity index (χ4n) is 3.44. The van der Waals surface area contributed by atoms with Gasteiger partial charge in [0, 0.05) is 24.4 Å². The molecule has 2 aromatic carbocycles. The molecule has 4 rings (SSSR count). The van der Waals surface area contributed by atoms with Gasteiger partial charge in [0.05, 0.1) is 30.4 Å². The van der Waals surface area contributed by atoms with E-state index >= 15 is 0 Å². The summed E-state index contributed by atoms with van der Waals surface area (Å²) in [6, 6.07) is 14.5. The van der Waals surface area contributed by atoms with E-state index in [4.69, 9.17) is 4.74 Å². The predicted octanol–water partition coefficient (Wildman–Crippen LogP) is 3.30. The number of methoxy groups -OCH3 is 1. The van der Waals surface area contributed by atoms with Crippen molar-refractivity contribution in [3.63, 3.8) is 0 Å². The number of hydrogen-bond donors (Lipinski definition) is 0. The molecule has 0 N–H and O–H groups in total. The van der Waals surface area contributed by atoms with E-state index in [0.29, 0.717) is 17.1 Å². The second-order valence-electron chi connectivity index (χ2n) is 6.96. The summed E-state index contributed by atoms with van der Waals surface area (Å²) < 4.78 is 5.15. The number of aromatic nitrogens is 2. The lowest BCUT2D eigenvalue weighted by Crippen LogP contribution is -2.33. The van der Waals surface area contributed by atoms with E-state index in [1.54, 1.807) is 56.9 Å². The van der Waals surface area contributed by atoms with Gasteiger partial charge in [0.15, 0.2) is 5.78 Å². The summed E-state index contributed by atoms with van der Waals surface area (Å²) in [5, 5.41) is 5.61. The van der Waals surface area contributed by atoms with Gasteiger partial charge in [-0.1, -0.05) is 18.2 Å². The molecule has 150 valence electrons. The Morgan fingerprint density at radius 3 is 2.63 bits per heavy atom. The second kappa shape index (κ2) is 8.24. The molecular formula is C23H20N4O3. The van der Waals surface area contributed by atoms with Crippen LogP contribution >= 0.6 is 0 Å². The largest absolute Gasteiger partial charge is 0.497 e. The minimum Gasteiger partial charge on any atom is -0.497 e. The van der Waals surface area contributed by atoms with Crippen LogP contribution < -0.4 is 9.75 Å². The number of rotatable bonds is 6. The summed E-state index contributed by atoms with van der Waals surface area (Å²) in [7, 11) is 1.58. The minimum absolute atomic E-state index is 0.133. The first-order valence-electron chi connectivity index (χ1n) is 9.48. The Kier molecular flexibility index (Phi) is 5.34. The van der Waals surface area contributed by atoms with Crippen molar-refractivity contribution in [1.29, 1.82) is 0 Å². The van der Waals surface area contributed by atoms with Gasteiger partial charge in [-0.3, -0.25) is 19.6 Å². The first kappa shape index (κ1) is 19.4. The van der Waals surface area contributed by atoms with Gasteiger partial charge in [0.2, 0.25) is 0 Å². The van der Waals surface area contributed by atoms with Gasteiger partial charge in [-0.05, 0) is 42.8 Å². The molecule has 1 aromatic heterocycles. The molecule has 0 aliphatic carbocycles. The molecule has 0 saturated heterocycles. The summed E-state index contributed by atoms with van der Waals surface area (Å²) >= 11 is 0. The van der Waals surface area contributed by atoms with Gasteiger partial charge in [0.25, 0.3) is 5.91 Å². The molecule has 1 atom stereocenters. The van der Waals surface area contributed by atoms with E-state index in [1.165, 1.54) is 5.01 Å². The van der Waals surface area contributed by atoms with Crippen LogP contribution in [0.5, 0.6) is 5.75 Å². The zero-order chi connectivity index (χ0) is 21.1. The monoisotopic (exact) mass is 400 g/mol. The van der Waals surface area contributed by atoms with E-state index in [1.807, 2.05) is 24.3 Å². The van der Waals surface area contributed by atoms with Crippen molar-refractivity contribution < 1.29 is 14.3 Å². The average molecular weight is 400 g/mol. The standard InChI is InChI=1S/C23H20N4O3/c1-15-22(23(29)27(26-15)18-6-8-19(30-2)9-7-18)21(28)13-16-4-3-5-17(12-16)20-14-24-10-11-25-20/h3-12,14,22H,13H2,1-2H3. The number of hydrazone groups is 1. The highest BCUT2D eigenvalue weighted by Gasteiger charge is 2.39. The number of carbonyl (C=O) groups is 2. The fraction of sp³-hybridized carbons (Fsp3) is 0.174. The number of ether oxygens (including phenoxy) is 1. The van der Waals surface area contributed by atoms with Gasteiger partial charge < -0.3 is 4.74 Å². The van der Waals surface area contributed by atoms with E-state index in [2.05, 4.69) is 15.1 Å². The molecule has 2 heterocycles. The number of nitrogens with zero attached hydrogens (tertiary/aromatic N) is 4. The highest BCUT2D eigenvalue weighted by molar-refractivity contribution is 6.27. The Bertz CT molecular complexity index is 1110. The number of hydrogen-bond acceptors (Lipinski definition) is 6. The second-order valence-corrected chi connectivity index (χ2v) is 6.96. The predicted molar refractivity (Wildman–Crippen MR) is 113 cm³/mol. The molecular weight excluding hydrogens is 380 g/mol. The molecule has 0 spiro atoms. The van der Waals surface area contributed by atoms with E-state index in [-0.39, 0.29) is 18.1 Å². The van der Waals surface area contributed by atoms with Crippen LogP contribution in [0.3, 0.4) is 0 Å². The lowest BCUT2D eigenvalue weighted by atomic mass is 9.93. The maximum atomic E-state index is 13.0. The highest BCUT2D eigenvalue weighted by atomic mass is 16.5. The Labute approximate surface area is 174 Å². The molecule has 3 aromatic rings. The van der Waals surface area contributed by atoms with Crippen molar-refractivity contribution in [1.82, 2.24) is 9.97 Å². The average Bonchev–Trinajstić information content (AvgIpc) is 3.08. The van der Waals surface area contributed by atoms with Crippen LogP contribution in [-0.4, -0.2) is 34.5 Å². The smallest absolute Gasteiger partial charge is 0.263 e. The number of ketones is 1. The van der Waals surface area contributed by atoms with Crippen molar-refractivity contribution >= 4 is 23.1 Å². The summed E-state index contributed by atoms with van der Waals surface area (Å²) in [5.41, 5.74) is 3.50. The first-order valence-corrected chi connectivity index (χ1v) is 9.48. The lowest BCUT2D eigenvalue weighted by molar-refractivity contribution is -0.128. The number of benzene rings is 2. The third-order valence-corrected chi connectivity index (χ3v) is 4.93. The zero-order valence-corrected chi connectivity index (χ0v) is 16.6. The highest BCUT2D eigenvalue weighted by Crippen LogP contribution is 2.27. The Hall–Kier alpha value is -3.87. The summed E-state index contributed by atoms with van der Waals surface area (Å²) in [4.78, 5) is 34.3. The van der Waals surface area contributed by atoms with Crippen molar-refractivity contribution in [2.75, 3.05) is 12.1 Å². The Morgan fingerprint density at radius 2 is 1.93 bits per heavy atom. The molecule has 1 aliphatic rings. The summed E-state index contributed by atoms with van der Waals surface area (Å²) in [6.45, 7) is 1.71. The maximum absolute atomic E-state index is 13.0. The van der Waals surface area contributed by atoms with Crippen LogP contribution in [0.25, 0.3) is 11.3 Å². The topological polar surface area (TPSA) is 84.8 Å². The third kappa shape index (κ3) is 3.82. The van der Waals surface area contributed by atoms with Gasteiger partial charge >= 0.3 is 0 Å². The van der Waals surface area contributed by atoms with Crippen molar-refractivity contribution in [2.45, 2.75) is 13.3 Å². The Morgan fingerprint density at radius 1 is 1.13 bits per heavy atom. The van der Waals surface area contributed by atoms with E-state index in [0.717, 1.165) is 16.8 Å². The van der Waals surface area contributed by atoms with Gasteiger partial charge in [0.1, 0.15) is 11.7 Å². The van der Waals surface area contributed by atoms with Gasteiger partial charge in [-0.2, -0.15) is 10.1 Å². The molecule has 0 saturated carbocycles. The van der Waals surface area contributed by atoms with Crippen LogP contribution in [0.2, 0.25) is 0 Å². The van der Waals surface area contributed by atoms with Gasteiger partial charge in [-0.15, -0.1) is 0 Å². The molecule has 1 amide bonds. The van der Waals surface area contributed by atoms with Crippen molar-refractivity contribution in [3.05, 3.63) is 72.7 Å². The van der Waals surface area contributed by atoms with Crippen molar-refractivity contribution in [3.8, 4) is 17.0 Å². The fourth-order valence-corrected chi connectivity index (χ4v) is 3.44.